The molecule has 1 unspecified atom stereocenters. The maximum Gasteiger partial charge on any atom is 0.329 e. The maximum atomic E-state index is 13.2. The SMILES string of the molecule is COc1ccc(OC)c([C@@H]2CCC[NH+]2CN2C(=O)NC3(CCC(C)CC3)C2=O)c1. The van der Waals surface area contributed by atoms with Crippen molar-refractivity contribution in [2.75, 3.05) is 27.4 Å². The molecule has 2 atom stereocenters. The lowest BCUT2D eigenvalue weighted by Crippen LogP contribution is -3.12. The van der Waals surface area contributed by atoms with Gasteiger partial charge in [-0.05, 0) is 49.8 Å². The summed E-state index contributed by atoms with van der Waals surface area (Å²) in [4.78, 5) is 28.6. The molecule has 0 radical (unpaired) electrons. The number of imide groups is 1. The third kappa shape index (κ3) is 3.56. The van der Waals surface area contributed by atoms with Crippen molar-refractivity contribution in [3.8, 4) is 11.5 Å². The average Bonchev–Trinajstić information content (AvgIpc) is 3.28. The van der Waals surface area contributed by atoms with Crippen LogP contribution in [0.5, 0.6) is 11.5 Å². The van der Waals surface area contributed by atoms with Crippen LogP contribution in [0.3, 0.4) is 0 Å². The molecule has 3 aliphatic rings. The first-order valence-corrected chi connectivity index (χ1v) is 10.7. The van der Waals surface area contributed by atoms with Crippen molar-refractivity contribution in [2.24, 2.45) is 5.92 Å². The second-order valence-corrected chi connectivity index (χ2v) is 8.80. The van der Waals surface area contributed by atoms with Gasteiger partial charge in [0.05, 0.1) is 26.3 Å². The van der Waals surface area contributed by atoms with E-state index in [4.69, 9.17) is 9.47 Å². The predicted molar refractivity (Wildman–Crippen MR) is 108 cm³/mol. The van der Waals surface area contributed by atoms with Crippen molar-refractivity contribution in [2.45, 2.75) is 57.0 Å². The second-order valence-electron chi connectivity index (χ2n) is 8.80. The highest BCUT2D eigenvalue weighted by molar-refractivity contribution is 6.06. The van der Waals surface area contributed by atoms with Gasteiger partial charge in [-0.3, -0.25) is 4.79 Å². The fraction of sp³-hybridized carbons (Fsp3) is 0.636. The number of rotatable bonds is 5. The summed E-state index contributed by atoms with van der Waals surface area (Å²) in [6.45, 7) is 3.53. The molecule has 4 rings (SSSR count). The van der Waals surface area contributed by atoms with Gasteiger partial charge in [0.15, 0.2) is 6.67 Å². The first-order valence-electron chi connectivity index (χ1n) is 10.7. The minimum Gasteiger partial charge on any atom is -0.497 e. The van der Waals surface area contributed by atoms with Crippen molar-refractivity contribution in [1.29, 1.82) is 0 Å². The van der Waals surface area contributed by atoms with Crippen molar-refractivity contribution in [3.05, 3.63) is 23.8 Å². The number of ether oxygens (including phenoxy) is 2. The van der Waals surface area contributed by atoms with E-state index in [-0.39, 0.29) is 18.0 Å². The van der Waals surface area contributed by atoms with Crippen LogP contribution in [0.4, 0.5) is 4.79 Å². The van der Waals surface area contributed by atoms with Crippen molar-refractivity contribution in [3.63, 3.8) is 0 Å². The monoisotopic (exact) mass is 402 g/mol. The molecule has 1 aliphatic carbocycles. The first kappa shape index (κ1) is 20.0. The highest BCUT2D eigenvalue weighted by atomic mass is 16.5. The Hall–Kier alpha value is -2.28. The number of benzene rings is 1. The number of amides is 3. The van der Waals surface area contributed by atoms with Crippen molar-refractivity contribution >= 4 is 11.9 Å². The van der Waals surface area contributed by atoms with Gasteiger partial charge in [0.1, 0.15) is 23.1 Å². The number of carbonyl (C=O) groups excluding carboxylic acids is 2. The van der Waals surface area contributed by atoms with Gasteiger partial charge in [-0.15, -0.1) is 0 Å². The van der Waals surface area contributed by atoms with Crippen LogP contribution in [0.2, 0.25) is 0 Å². The average molecular weight is 403 g/mol. The van der Waals surface area contributed by atoms with Crippen LogP contribution in [-0.2, 0) is 4.79 Å². The second kappa shape index (κ2) is 7.86. The minimum atomic E-state index is -0.675. The fourth-order valence-electron chi connectivity index (χ4n) is 5.20. The highest BCUT2D eigenvalue weighted by Crippen LogP contribution is 2.36. The molecule has 158 valence electrons. The normalized spacial score (nSPS) is 32.0. The molecule has 29 heavy (non-hydrogen) atoms. The summed E-state index contributed by atoms with van der Waals surface area (Å²) in [5.41, 5.74) is 0.402. The molecule has 0 aromatic heterocycles. The van der Waals surface area contributed by atoms with Gasteiger partial charge >= 0.3 is 6.03 Å². The standard InChI is InChI=1S/C22H31N3O4/c1-15-8-10-22(11-9-15)20(26)25(21(27)23-22)14-24-12-4-5-18(24)17-13-16(28-2)6-7-19(17)29-3/h6-7,13,15,18H,4-5,8-12,14H2,1-3H3,(H,23,27)/p+1/t15?,18-,22?/m0/s1. The number of carbonyl (C=O) groups is 2. The molecule has 1 saturated carbocycles. The van der Waals surface area contributed by atoms with Gasteiger partial charge in [-0.2, -0.15) is 0 Å². The summed E-state index contributed by atoms with van der Waals surface area (Å²) in [6, 6.07) is 5.77. The number of quaternary nitrogens is 1. The molecule has 2 saturated heterocycles. The molecule has 7 nitrogen and oxygen atoms in total. The number of hydrogen-bond acceptors (Lipinski definition) is 4. The Kier molecular flexibility index (Phi) is 5.42. The zero-order valence-corrected chi connectivity index (χ0v) is 17.6. The zero-order valence-electron chi connectivity index (χ0n) is 17.6. The molecule has 3 fully saturated rings. The molecule has 2 aliphatic heterocycles. The number of methoxy groups -OCH3 is 2. The number of nitrogens with one attached hydrogen (secondary N) is 2. The Morgan fingerprint density at radius 1 is 1.17 bits per heavy atom. The van der Waals surface area contributed by atoms with Gasteiger partial charge in [-0.25, -0.2) is 9.69 Å². The van der Waals surface area contributed by atoms with E-state index < -0.39 is 5.54 Å². The molecule has 7 heteroatoms. The number of hydrogen-bond donors (Lipinski definition) is 2. The van der Waals surface area contributed by atoms with Gasteiger partial charge in [-0.1, -0.05) is 6.92 Å². The lowest BCUT2D eigenvalue weighted by Gasteiger charge is -2.33. The van der Waals surface area contributed by atoms with Crippen LogP contribution < -0.4 is 19.7 Å². The minimum absolute atomic E-state index is 0.0369. The number of likely N-dealkylation sites (tertiary alicyclic amines) is 1. The van der Waals surface area contributed by atoms with Crippen LogP contribution in [-0.4, -0.2) is 49.8 Å². The van der Waals surface area contributed by atoms with Gasteiger partial charge < -0.3 is 19.7 Å². The lowest BCUT2D eigenvalue weighted by molar-refractivity contribution is -0.925. The van der Waals surface area contributed by atoms with E-state index in [9.17, 15) is 9.59 Å². The predicted octanol–water partition coefficient (Wildman–Crippen LogP) is 1.88. The summed E-state index contributed by atoms with van der Waals surface area (Å²) in [5, 5.41) is 3.04. The van der Waals surface area contributed by atoms with Gasteiger partial charge in [0.2, 0.25) is 0 Å². The topological polar surface area (TPSA) is 72.3 Å². The number of nitrogens with zero attached hydrogens (tertiary/aromatic N) is 1. The molecule has 2 N–H and O–H groups in total. The fourth-order valence-corrected chi connectivity index (χ4v) is 5.20. The van der Waals surface area contributed by atoms with E-state index in [1.807, 2.05) is 18.2 Å². The Bertz CT molecular complexity index is 788. The van der Waals surface area contributed by atoms with E-state index in [0.29, 0.717) is 12.6 Å². The first-order chi connectivity index (χ1) is 14.0. The van der Waals surface area contributed by atoms with E-state index >= 15 is 0 Å². The number of urea groups is 1. The maximum absolute atomic E-state index is 13.2. The molecule has 2 heterocycles. The van der Waals surface area contributed by atoms with E-state index in [1.54, 1.807) is 14.2 Å². The quantitative estimate of drug-likeness (QED) is 0.738. The Balaban J connectivity index is 1.53. The van der Waals surface area contributed by atoms with Gasteiger partial charge in [0.25, 0.3) is 5.91 Å². The summed E-state index contributed by atoms with van der Waals surface area (Å²) in [7, 11) is 3.33. The Morgan fingerprint density at radius 3 is 2.62 bits per heavy atom. The van der Waals surface area contributed by atoms with Crippen molar-refractivity contribution < 1.29 is 24.0 Å². The summed E-state index contributed by atoms with van der Waals surface area (Å²) in [6.07, 6.45) is 5.51. The van der Waals surface area contributed by atoms with Crippen molar-refractivity contribution in [1.82, 2.24) is 10.2 Å². The molecular weight excluding hydrogens is 370 g/mol. The van der Waals surface area contributed by atoms with Crippen LogP contribution in [0.25, 0.3) is 0 Å². The molecule has 3 amide bonds. The van der Waals surface area contributed by atoms with Crippen LogP contribution in [0.1, 0.15) is 57.1 Å². The van der Waals surface area contributed by atoms with Crippen LogP contribution in [0.15, 0.2) is 18.2 Å². The van der Waals surface area contributed by atoms with Crippen LogP contribution >= 0.6 is 0 Å². The van der Waals surface area contributed by atoms with Crippen LogP contribution in [0, 0.1) is 5.92 Å². The Labute approximate surface area is 172 Å². The third-order valence-electron chi connectivity index (χ3n) is 7.03. The lowest BCUT2D eigenvalue weighted by atomic mass is 9.77. The van der Waals surface area contributed by atoms with E-state index in [0.717, 1.165) is 62.1 Å². The molecule has 1 spiro atoms. The zero-order chi connectivity index (χ0) is 20.6. The summed E-state index contributed by atoms with van der Waals surface area (Å²) < 4.78 is 11.0. The largest absolute Gasteiger partial charge is 0.497 e. The summed E-state index contributed by atoms with van der Waals surface area (Å²) >= 11 is 0. The molecule has 1 aromatic carbocycles. The van der Waals surface area contributed by atoms with E-state index in [1.165, 1.54) is 9.80 Å². The third-order valence-corrected chi connectivity index (χ3v) is 7.03. The molecule has 0 bridgehead atoms. The van der Waals surface area contributed by atoms with Gasteiger partial charge in [0, 0.05) is 12.8 Å². The summed E-state index contributed by atoms with van der Waals surface area (Å²) in [5.74, 6) is 2.20. The highest BCUT2D eigenvalue weighted by Gasteiger charge is 2.53. The van der Waals surface area contributed by atoms with E-state index in [2.05, 4.69) is 12.2 Å². The molecule has 1 aromatic rings. The molecular formula is C22H32N3O4+. The Morgan fingerprint density at radius 2 is 1.93 bits per heavy atom. The smallest absolute Gasteiger partial charge is 0.329 e.